The average Bonchev–Trinajstić information content (AvgIpc) is 2.96. The van der Waals surface area contributed by atoms with Gasteiger partial charge in [0.05, 0.1) is 0 Å². The molecule has 0 aliphatic heterocycles. The summed E-state index contributed by atoms with van der Waals surface area (Å²) < 4.78 is 0. The van der Waals surface area contributed by atoms with Crippen molar-refractivity contribution in [2.75, 3.05) is 5.32 Å². The first kappa shape index (κ1) is 13.1. The Morgan fingerprint density at radius 3 is 2.95 bits per heavy atom. The average molecular weight is 271 g/mol. The number of hydrogen-bond acceptors (Lipinski definition) is 4. The summed E-state index contributed by atoms with van der Waals surface area (Å²) in [7, 11) is 0. The lowest BCUT2D eigenvalue weighted by Crippen LogP contribution is -2.38. The molecule has 2 aromatic rings. The van der Waals surface area contributed by atoms with Gasteiger partial charge in [0.15, 0.2) is 0 Å². The number of hydrogen-bond donors (Lipinski definition) is 2. The van der Waals surface area contributed by atoms with Crippen molar-refractivity contribution in [1.82, 2.24) is 20.6 Å². The molecule has 1 atom stereocenters. The lowest BCUT2D eigenvalue weighted by Gasteiger charge is -2.39. The molecule has 20 heavy (non-hydrogen) atoms. The van der Waals surface area contributed by atoms with E-state index in [4.69, 9.17) is 0 Å². The van der Waals surface area contributed by atoms with E-state index in [0.29, 0.717) is 17.3 Å². The molecular formula is C15H21N5. The number of rotatable bonds is 3. The van der Waals surface area contributed by atoms with Crippen molar-refractivity contribution in [2.24, 2.45) is 5.41 Å². The second kappa shape index (κ2) is 5.23. The first-order valence-corrected chi connectivity index (χ1v) is 7.25. The van der Waals surface area contributed by atoms with Gasteiger partial charge in [-0.05, 0) is 35.6 Å². The summed E-state index contributed by atoms with van der Waals surface area (Å²) in [6, 6.07) is 8.76. The van der Waals surface area contributed by atoms with E-state index in [1.165, 1.54) is 25.7 Å². The van der Waals surface area contributed by atoms with Gasteiger partial charge >= 0.3 is 0 Å². The fourth-order valence-corrected chi connectivity index (χ4v) is 2.99. The summed E-state index contributed by atoms with van der Waals surface area (Å²) in [6.07, 6.45) is 5.17. The van der Waals surface area contributed by atoms with Gasteiger partial charge in [-0.15, -0.1) is 10.2 Å². The molecule has 106 valence electrons. The highest BCUT2D eigenvalue weighted by Crippen LogP contribution is 2.37. The van der Waals surface area contributed by atoms with Crippen LogP contribution in [0.2, 0.25) is 0 Å². The van der Waals surface area contributed by atoms with E-state index in [1.807, 2.05) is 12.1 Å². The summed E-state index contributed by atoms with van der Waals surface area (Å²) in [5, 5.41) is 17.8. The lowest BCUT2D eigenvalue weighted by atomic mass is 9.73. The van der Waals surface area contributed by atoms with Crippen LogP contribution in [0.25, 0.3) is 11.4 Å². The summed E-state index contributed by atoms with van der Waals surface area (Å²) >= 11 is 0. The summed E-state index contributed by atoms with van der Waals surface area (Å²) in [5.74, 6) is 0.636. The lowest BCUT2D eigenvalue weighted by molar-refractivity contribution is 0.217. The van der Waals surface area contributed by atoms with Gasteiger partial charge in [0.25, 0.3) is 0 Å². The third-order valence-electron chi connectivity index (χ3n) is 4.31. The first-order valence-electron chi connectivity index (χ1n) is 7.25. The van der Waals surface area contributed by atoms with Crippen LogP contribution in [0.15, 0.2) is 24.3 Å². The number of nitrogens with zero attached hydrogens (tertiary/aromatic N) is 3. The number of H-pyrrole nitrogens is 1. The van der Waals surface area contributed by atoms with Crippen LogP contribution in [0.1, 0.15) is 39.5 Å². The molecule has 5 nitrogen and oxygen atoms in total. The highest BCUT2D eigenvalue weighted by Gasteiger charge is 2.31. The molecule has 1 aromatic heterocycles. The van der Waals surface area contributed by atoms with Crippen LogP contribution in [0, 0.1) is 5.41 Å². The molecule has 0 amide bonds. The molecule has 1 saturated carbocycles. The largest absolute Gasteiger partial charge is 0.382 e. The molecule has 1 fully saturated rings. The smallest absolute Gasteiger partial charge is 0.204 e. The number of tetrazole rings is 1. The van der Waals surface area contributed by atoms with Gasteiger partial charge in [0, 0.05) is 17.3 Å². The van der Waals surface area contributed by atoms with E-state index >= 15 is 0 Å². The normalized spacial score (nSPS) is 21.6. The fourth-order valence-electron chi connectivity index (χ4n) is 2.99. The van der Waals surface area contributed by atoms with Gasteiger partial charge in [-0.25, -0.2) is 0 Å². The minimum Gasteiger partial charge on any atom is -0.382 e. The number of anilines is 1. The molecule has 0 spiro atoms. The molecule has 0 bridgehead atoms. The van der Waals surface area contributed by atoms with Gasteiger partial charge < -0.3 is 5.32 Å². The van der Waals surface area contributed by atoms with Crippen molar-refractivity contribution in [3.8, 4) is 11.4 Å². The Hall–Kier alpha value is -1.91. The standard InChI is InChI=1S/C15H21N5/c1-15(2)9-4-3-8-13(15)16-12-7-5-6-11(10-12)14-17-19-20-18-14/h5-7,10,13,16H,3-4,8-9H2,1-2H3,(H,17,18,19,20). The highest BCUT2D eigenvalue weighted by atomic mass is 15.5. The predicted molar refractivity (Wildman–Crippen MR) is 79.3 cm³/mol. The third-order valence-corrected chi connectivity index (χ3v) is 4.31. The molecule has 2 N–H and O–H groups in total. The van der Waals surface area contributed by atoms with Crippen LogP contribution in [-0.4, -0.2) is 26.7 Å². The second-order valence-corrected chi connectivity index (χ2v) is 6.25. The molecule has 5 heteroatoms. The zero-order chi connectivity index (χ0) is 14.0. The fraction of sp³-hybridized carbons (Fsp3) is 0.533. The molecular weight excluding hydrogens is 250 g/mol. The van der Waals surface area contributed by atoms with Gasteiger partial charge in [-0.1, -0.05) is 38.8 Å². The number of aromatic nitrogens is 4. The number of benzene rings is 1. The van der Waals surface area contributed by atoms with Crippen molar-refractivity contribution in [1.29, 1.82) is 0 Å². The van der Waals surface area contributed by atoms with E-state index in [1.54, 1.807) is 0 Å². The van der Waals surface area contributed by atoms with Crippen LogP contribution in [0.3, 0.4) is 0 Å². The molecule has 0 saturated heterocycles. The molecule has 3 rings (SSSR count). The van der Waals surface area contributed by atoms with E-state index in [0.717, 1.165) is 11.3 Å². The maximum atomic E-state index is 4.03. The van der Waals surface area contributed by atoms with Crippen LogP contribution in [0.4, 0.5) is 5.69 Å². The van der Waals surface area contributed by atoms with Gasteiger partial charge in [0.1, 0.15) is 0 Å². The molecule has 1 heterocycles. The van der Waals surface area contributed by atoms with E-state index in [2.05, 4.69) is 51.9 Å². The molecule has 0 radical (unpaired) electrons. The van der Waals surface area contributed by atoms with Gasteiger partial charge in [-0.2, -0.15) is 5.21 Å². The van der Waals surface area contributed by atoms with Crippen LogP contribution in [-0.2, 0) is 0 Å². The van der Waals surface area contributed by atoms with Crippen LogP contribution < -0.4 is 5.32 Å². The minimum atomic E-state index is 0.348. The minimum absolute atomic E-state index is 0.348. The summed E-state index contributed by atoms with van der Waals surface area (Å²) in [4.78, 5) is 0. The maximum absolute atomic E-state index is 4.03. The topological polar surface area (TPSA) is 66.5 Å². The SMILES string of the molecule is CC1(C)CCCCC1Nc1cccc(-c2nn[nH]n2)c1. The number of nitrogens with one attached hydrogen (secondary N) is 2. The highest BCUT2D eigenvalue weighted by molar-refractivity contribution is 5.62. The number of aromatic amines is 1. The predicted octanol–water partition coefficient (Wildman–Crippen LogP) is 3.25. The van der Waals surface area contributed by atoms with Gasteiger partial charge in [0.2, 0.25) is 5.82 Å². The monoisotopic (exact) mass is 271 g/mol. The van der Waals surface area contributed by atoms with E-state index < -0.39 is 0 Å². The van der Waals surface area contributed by atoms with Crippen molar-refractivity contribution < 1.29 is 0 Å². The van der Waals surface area contributed by atoms with Crippen molar-refractivity contribution in [3.05, 3.63) is 24.3 Å². The second-order valence-electron chi connectivity index (χ2n) is 6.25. The molecule has 1 aromatic carbocycles. The maximum Gasteiger partial charge on any atom is 0.204 e. The summed E-state index contributed by atoms with van der Waals surface area (Å²) in [6.45, 7) is 4.71. The zero-order valence-corrected chi connectivity index (χ0v) is 12.1. The quantitative estimate of drug-likeness (QED) is 0.899. The third kappa shape index (κ3) is 2.66. The van der Waals surface area contributed by atoms with Crippen molar-refractivity contribution in [3.63, 3.8) is 0 Å². The van der Waals surface area contributed by atoms with Crippen molar-refractivity contribution in [2.45, 2.75) is 45.6 Å². The van der Waals surface area contributed by atoms with Crippen molar-refractivity contribution >= 4 is 5.69 Å². The summed E-state index contributed by atoms with van der Waals surface area (Å²) in [5.41, 5.74) is 2.46. The van der Waals surface area contributed by atoms with Gasteiger partial charge in [-0.3, -0.25) is 0 Å². The Morgan fingerprint density at radius 2 is 2.20 bits per heavy atom. The molecule has 1 aliphatic rings. The molecule has 1 unspecified atom stereocenters. The Kier molecular flexibility index (Phi) is 3.42. The Balaban J connectivity index is 1.79. The van der Waals surface area contributed by atoms with E-state index in [-0.39, 0.29) is 0 Å². The Labute approximate surface area is 119 Å². The zero-order valence-electron chi connectivity index (χ0n) is 12.1. The van der Waals surface area contributed by atoms with E-state index in [9.17, 15) is 0 Å². The first-order chi connectivity index (χ1) is 9.65. The van der Waals surface area contributed by atoms with Crippen LogP contribution >= 0.6 is 0 Å². The Bertz CT molecular complexity index is 561. The Morgan fingerprint density at radius 1 is 1.30 bits per heavy atom. The van der Waals surface area contributed by atoms with Crippen LogP contribution in [0.5, 0.6) is 0 Å². The molecule has 1 aliphatic carbocycles.